The first-order valence-corrected chi connectivity index (χ1v) is 9.80. The van der Waals surface area contributed by atoms with E-state index in [1.54, 1.807) is 11.8 Å². The quantitative estimate of drug-likeness (QED) is 0.879. The lowest BCUT2D eigenvalue weighted by Crippen LogP contribution is -2.53. The Morgan fingerprint density at radius 1 is 0.962 bits per heavy atom. The van der Waals surface area contributed by atoms with Gasteiger partial charge in [-0.15, -0.1) is 11.8 Å². The molecule has 0 saturated carbocycles. The Morgan fingerprint density at radius 2 is 1.58 bits per heavy atom. The molecule has 0 unspecified atom stereocenters. The standard InChI is InChI=1S/C20H21N3O2S/c24-18-15-26-20(23(18)17-9-5-2-6-10-17)11-13-22(14-12-20)19(25)21-16-7-3-1-4-8-16/h1-10H,11-15H2,(H,21,25). The van der Waals surface area contributed by atoms with Crippen LogP contribution in [-0.2, 0) is 4.79 Å². The number of nitrogens with zero attached hydrogens (tertiary/aromatic N) is 2. The molecule has 0 atom stereocenters. The van der Waals surface area contributed by atoms with Crippen molar-refractivity contribution in [2.24, 2.45) is 0 Å². The Labute approximate surface area is 157 Å². The third kappa shape index (κ3) is 3.17. The van der Waals surface area contributed by atoms with E-state index in [-0.39, 0.29) is 16.8 Å². The van der Waals surface area contributed by atoms with Crippen LogP contribution in [0.25, 0.3) is 0 Å². The summed E-state index contributed by atoms with van der Waals surface area (Å²) in [6.45, 7) is 1.28. The average Bonchev–Trinajstić information content (AvgIpc) is 2.99. The molecule has 26 heavy (non-hydrogen) atoms. The summed E-state index contributed by atoms with van der Waals surface area (Å²) in [6, 6.07) is 19.3. The Bertz CT molecular complexity index is 789. The van der Waals surface area contributed by atoms with Gasteiger partial charge in [-0.1, -0.05) is 36.4 Å². The number of benzene rings is 2. The molecule has 2 aliphatic heterocycles. The number of anilines is 2. The van der Waals surface area contributed by atoms with Gasteiger partial charge in [-0.05, 0) is 37.1 Å². The van der Waals surface area contributed by atoms with E-state index in [0.717, 1.165) is 24.2 Å². The predicted octanol–water partition coefficient (Wildman–Crippen LogP) is 3.79. The molecule has 3 amide bonds. The maximum atomic E-state index is 12.5. The molecule has 2 heterocycles. The number of piperidine rings is 1. The van der Waals surface area contributed by atoms with Gasteiger partial charge in [0, 0.05) is 24.5 Å². The molecule has 2 aromatic carbocycles. The number of amides is 3. The maximum absolute atomic E-state index is 12.5. The van der Waals surface area contributed by atoms with E-state index in [9.17, 15) is 9.59 Å². The molecule has 0 radical (unpaired) electrons. The van der Waals surface area contributed by atoms with Crippen molar-refractivity contribution in [1.29, 1.82) is 0 Å². The van der Waals surface area contributed by atoms with Crippen molar-refractivity contribution in [3.63, 3.8) is 0 Å². The van der Waals surface area contributed by atoms with Crippen LogP contribution in [0, 0.1) is 0 Å². The van der Waals surface area contributed by atoms with Gasteiger partial charge in [-0.25, -0.2) is 4.79 Å². The van der Waals surface area contributed by atoms with Gasteiger partial charge >= 0.3 is 6.03 Å². The second-order valence-corrected chi connectivity index (χ2v) is 7.92. The number of para-hydroxylation sites is 2. The molecular weight excluding hydrogens is 346 g/mol. The van der Waals surface area contributed by atoms with E-state index in [0.29, 0.717) is 18.8 Å². The van der Waals surface area contributed by atoms with Crippen LogP contribution in [0.15, 0.2) is 60.7 Å². The molecule has 6 heteroatoms. The molecule has 134 valence electrons. The van der Waals surface area contributed by atoms with Gasteiger partial charge in [0.05, 0.1) is 10.6 Å². The second kappa shape index (κ2) is 7.03. The van der Waals surface area contributed by atoms with Crippen LogP contribution < -0.4 is 10.2 Å². The zero-order valence-corrected chi connectivity index (χ0v) is 15.2. The molecule has 5 nitrogen and oxygen atoms in total. The largest absolute Gasteiger partial charge is 0.324 e. The number of likely N-dealkylation sites (tertiary alicyclic amines) is 1. The van der Waals surface area contributed by atoms with Crippen molar-refractivity contribution in [3.05, 3.63) is 60.7 Å². The first-order chi connectivity index (χ1) is 12.7. The number of thioether (sulfide) groups is 1. The minimum atomic E-state index is -0.234. The van der Waals surface area contributed by atoms with Crippen molar-refractivity contribution in [1.82, 2.24) is 4.90 Å². The van der Waals surface area contributed by atoms with Crippen molar-refractivity contribution in [2.45, 2.75) is 17.7 Å². The number of rotatable bonds is 2. The molecule has 0 aromatic heterocycles. The lowest BCUT2D eigenvalue weighted by Gasteiger charge is -2.43. The number of nitrogens with one attached hydrogen (secondary N) is 1. The SMILES string of the molecule is O=C(Nc1ccccc1)N1CCC2(CC1)SCC(=O)N2c1ccccc1. The monoisotopic (exact) mass is 367 g/mol. The zero-order valence-electron chi connectivity index (χ0n) is 14.4. The van der Waals surface area contributed by atoms with Crippen LogP contribution in [0.5, 0.6) is 0 Å². The number of hydrogen-bond acceptors (Lipinski definition) is 3. The topological polar surface area (TPSA) is 52.7 Å². The fourth-order valence-electron chi connectivity index (χ4n) is 3.66. The molecule has 2 aliphatic rings. The summed E-state index contributed by atoms with van der Waals surface area (Å²) < 4.78 is 0. The van der Waals surface area contributed by atoms with Crippen LogP contribution in [0.2, 0.25) is 0 Å². The predicted molar refractivity (Wildman–Crippen MR) is 105 cm³/mol. The molecule has 4 rings (SSSR count). The third-order valence-electron chi connectivity index (χ3n) is 4.99. The highest BCUT2D eigenvalue weighted by Gasteiger charge is 2.49. The van der Waals surface area contributed by atoms with Gasteiger partial charge in [0.15, 0.2) is 0 Å². The van der Waals surface area contributed by atoms with Crippen molar-refractivity contribution >= 4 is 35.1 Å². The summed E-state index contributed by atoms with van der Waals surface area (Å²) >= 11 is 1.71. The molecule has 0 aliphatic carbocycles. The lowest BCUT2D eigenvalue weighted by atomic mass is 10.0. The highest BCUT2D eigenvalue weighted by molar-refractivity contribution is 8.02. The summed E-state index contributed by atoms with van der Waals surface area (Å²) in [4.78, 5) is 28.6. The Kier molecular flexibility index (Phi) is 4.59. The summed E-state index contributed by atoms with van der Waals surface area (Å²) in [5.74, 6) is 0.661. The van der Waals surface area contributed by atoms with E-state index in [1.807, 2.05) is 70.5 Å². The number of hydrogen-bond donors (Lipinski definition) is 1. The Hall–Kier alpha value is -2.47. The fraction of sp³-hybridized carbons (Fsp3) is 0.300. The molecule has 1 N–H and O–H groups in total. The Morgan fingerprint density at radius 3 is 2.23 bits per heavy atom. The van der Waals surface area contributed by atoms with E-state index >= 15 is 0 Å². The van der Waals surface area contributed by atoms with Gasteiger partial charge < -0.3 is 10.2 Å². The van der Waals surface area contributed by atoms with Gasteiger partial charge in [0.2, 0.25) is 5.91 Å². The highest BCUT2D eigenvalue weighted by atomic mass is 32.2. The summed E-state index contributed by atoms with van der Waals surface area (Å²) in [6.07, 6.45) is 1.56. The van der Waals surface area contributed by atoms with Crippen molar-refractivity contribution < 1.29 is 9.59 Å². The smallest absolute Gasteiger partial charge is 0.321 e. The molecule has 2 aromatic rings. The average molecular weight is 367 g/mol. The lowest BCUT2D eigenvalue weighted by molar-refractivity contribution is -0.116. The van der Waals surface area contributed by atoms with Crippen molar-refractivity contribution in [2.75, 3.05) is 29.1 Å². The Balaban J connectivity index is 1.45. The molecular formula is C20H21N3O2S. The minimum absolute atomic E-state index is 0.0772. The van der Waals surface area contributed by atoms with Crippen LogP contribution in [-0.4, -0.2) is 40.6 Å². The molecule has 0 bridgehead atoms. The van der Waals surface area contributed by atoms with Crippen LogP contribution >= 0.6 is 11.8 Å². The number of carbonyl (C=O) groups excluding carboxylic acids is 2. The zero-order chi connectivity index (χ0) is 18.0. The fourth-order valence-corrected chi connectivity index (χ4v) is 4.99. The minimum Gasteiger partial charge on any atom is -0.324 e. The molecule has 1 spiro atoms. The van der Waals surface area contributed by atoms with Gasteiger partial charge in [-0.2, -0.15) is 0 Å². The van der Waals surface area contributed by atoms with E-state index in [2.05, 4.69) is 5.32 Å². The maximum Gasteiger partial charge on any atom is 0.321 e. The molecule has 2 fully saturated rings. The first-order valence-electron chi connectivity index (χ1n) is 8.81. The summed E-state index contributed by atoms with van der Waals surface area (Å²) in [5, 5.41) is 2.94. The van der Waals surface area contributed by atoms with Crippen LogP contribution in [0.3, 0.4) is 0 Å². The van der Waals surface area contributed by atoms with Gasteiger partial charge in [0.1, 0.15) is 0 Å². The van der Waals surface area contributed by atoms with Gasteiger partial charge in [0.25, 0.3) is 0 Å². The van der Waals surface area contributed by atoms with E-state index < -0.39 is 0 Å². The summed E-state index contributed by atoms with van der Waals surface area (Å²) in [5.41, 5.74) is 1.75. The van der Waals surface area contributed by atoms with Crippen LogP contribution in [0.4, 0.5) is 16.2 Å². The normalized spacial score (nSPS) is 19.0. The third-order valence-corrected chi connectivity index (χ3v) is 6.51. The van der Waals surface area contributed by atoms with E-state index in [1.165, 1.54) is 0 Å². The van der Waals surface area contributed by atoms with Crippen LogP contribution in [0.1, 0.15) is 12.8 Å². The first kappa shape index (κ1) is 17.0. The number of carbonyl (C=O) groups is 2. The summed E-state index contributed by atoms with van der Waals surface area (Å²) in [7, 11) is 0. The van der Waals surface area contributed by atoms with Gasteiger partial charge in [-0.3, -0.25) is 9.69 Å². The number of urea groups is 1. The molecule has 2 saturated heterocycles. The van der Waals surface area contributed by atoms with Crippen molar-refractivity contribution in [3.8, 4) is 0 Å². The van der Waals surface area contributed by atoms with E-state index in [4.69, 9.17) is 0 Å². The highest BCUT2D eigenvalue weighted by Crippen LogP contribution is 2.46. The second-order valence-electron chi connectivity index (χ2n) is 6.58.